The summed E-state index contributed by atoms with van der Waals surface area (Å²) in [6.07, 6.45) is 4.11. The Kier molecular flexibility index (Phi) is 10.2. The number of H-pyrrole nitrogens is 1. The molecule has 2 saturated heterocycles. The van der Waals surface area contributed by atoms with Crippen LogP contribution in [0.15, 0.2) is 59.9 Å². The number of benzene rings is 2. The number of hydrogen-bond donors (Lipinski definition) is 2. The van der Waals surface area contributed by atoms with Crippen LogP contribution in [-0.4, -0.2) is 78.5 Å². The molecule has 0 radical (unpaired) electrons. The third-order valence-corrected chi connectivity index (χ3v) is 9.98. The van der Waals surface area contributed by atoms with Gasteiger partial charge >= 0.3 is 0 Å². The molecule has 256 valence electrons. The number of likely N-dealkylation sites (tertiary alicyclic amines) is 2. The number of carbonyl (C=O) groups is 2. The Balaban J connectivity index is 1.40. The molecule has 2 fully saturated rings. The topological polar surface area (TPSA) is 98.0 Å². The summed E-state index contributed by atoms with van der Waals surface area (Å²) in [6.45, 7) is 15.9. The molecule has 1 aromatic heterocycles. The van der Waals surface area contributed by atoms with Gasteiger partial charge in [0.15, 0.2) is 0 Å². The number of carbonyl (C=O) groups excluding carboxylic acids is 2. The lowest BCUT2D eigenvalue weighted by molar-refractivity contribution is -0.127. The van der Waals surface area contributed by atoms with Gasteiger partial charge in [0.1, 0.15) is 0 Å². The molecule has 48 heavy (non-hydrogen) atoms. The van der Waals surface area contributed by atoms with Gasteiger partial charge in [-0.1, -0.05) is 30.8 Å². The Morgan fingerprint density at radius 2 is 1.75 bits per heavy atom. The van der Waals surface area contributed by atoms with E-state index < -0.39 is 7.04 Å². The van der Waals surface area contributed by atoms with Crippen molar-refractivity contribution in [1.82, 2.24) is 20.1 Å². The van der Waals surface area contributed by atoms with Crippen molar-refractivity contribution in [2.45, 2.75) is 78.6 Å². The van der Waals surface area contributed by atoms with Crippen molar-refractivity contribution in [3.8, 4) is 11.1 Å². The molecule has 2 amide bonds. The number of piperidine rings is 2. The van der Waals surface area contributed by atoms with Crippen LogP contribution >= 0.6 is 0 Å². The summed E-state index contributed by atoms with van der Waals surface area (Å²) in [5, 5.41) is 3.02. The van der Waals surface area contributed by atoms with E-state index >= 15 is 0 Å². The van der Waals surface area contributed by atoms with Crippen LogP contribution in [0, 0.1) is 20.8 Å². The molecule has 0 spiro atoms. The third-order valence-electron chi connectivity index (χ3n) is 9.98. The number of methoxy groups -OCH3 is 1. The van der Waals surface area contributed by atoms with Gasteiger partial charge in [-0.05, 0) is 105 Å². The first kappa shape index (κ1) is 31.1. The van der Waals surface area contributed by atoms with Crippen LogP contribution in [0.25, 0.3) is 11.1 Å². The fourth-order valence-electron chi connectivity index (χ4n) is 7.16. The van der Waals surface area contributed by atoms with Crippen LogP contribution in [0.1, 0.15) is 75.0 Å². The molecule has 0 saturated carbocycles. The molecule has 9 heteroatoms. The van der Waals surface area contributed by atoms with Gasteiger partial charge in [0.05, 0.1) is 10.2 Å². The van der Waals surface area contributed by atoms with Crippen molar-refractivity contribution in [2.75, 3.05) is 44.7 Å². The Labute approximate surface area is 289 Å². The minimum atomic E-state index is -2.37. The highest BCUT2D eigenvalue weighted by atomic mass is 16.5. The van der Waals surface area contributed by atoms with Gasteiger partial charge in [0.2, 0.25) is 5.91 Å². The maximum absolute atomic E-state index is 13.9. The average Bonchev–Trinajstić information content (AvgIpc) is 3.09. The highest BCUT2D eigenvalue weighted by molar-refractivity contribution is 5.99. The number of anilines is 1. The number of hydrogen-bond acceptors (Lipinski definition) is 6. The molecule has 0 bridgehead atoms. The van der Waals surface area contributed by atoms with Crippen LogP contribution in [0.3, 0.4) is 0 Å². The van der Waals surface area contributed by atoms with Crippen molar-refractivity contribution in [3.63, 3.8) is 0 Å². The van der Waals surface area contributed by atoms with E-state index in [0.717, 1.165) is 78.2 Å². The smallest absolute Gasteiger partial charge is 0.253 e. The van der Waals surface area contributed by atoms with Crippen molar-refractivity contribution < 1.29 is 18.4 Å². The summed E-state index contributed by atoms with van der Waals surface area (Å²) in [6, 6.07) is 14.6. The Morgan fingerprint density at radius 1 is 1.04 bits per heavy atom. The lowest BCUT2D eigenvalue weighted by Gasteiger charge is -2.40. The van der Waals surface area contributed by atoms with Gasteiger partial charge < -0.3 is 24.8 Å². The summed E-state index contributed by atoms with van der Waals surface area (Å²) in [4.78, 5) is 48.3. The third kappa shape index (κ3) is 8.08. The monoisotopic (exact) mass is 656 g/mol. The zero-order chi connectivity index (χ0) is 36.9. The molecule has 3 heterocycles. The Morgan fingerprint density at radius 3 is 2.38 bits per heavy atom. The minimum Gasteiger partial charge on any atom is -0.381 e. The number of pyridine rings is 1. The first-order valence-electron chi connectivity index (χ1n) is 18.6. The van der Waals surface area contributed by atoms with Crippen LogP contribution in [0.5, 0.6) is 0 Å². The molecule has 9 nitrogen and oxygen atoms in total. The van der Waals surface area contributed by atoms with Gasteiger partial charge in [0, 0.05) is 81.4 Å². The van der Waals surface area contributed by atoms with Crippen molar-refractivity contribution in [2.24, 2.45) is 0 Å². The largest absolute Gasteiger partial charge is 0.381 e. The van der Waals surface area contributed by atoms with E-state index in [1.54, 1.807) is 0 Å². The van der Waals surface area contributed by atoms with Crippen LogP contribution < -0.4 is 15.8 Å². The summed E-state index contributed by atoms with van der Waals surface area (Å²) < 4.78 is 27.4. The number of nitrogens with one attached hydrogen (secondary N) is 2. The van der Waals surface area contributed by atoms with Crippen molar-refractivity contribution >= 4 is 17.5 Å². The van der Waals surface area contributed by atoms with Gasteiger partial charge in [-0.2, -0.15) is 0 Å². The van der Waals surface area contributed by atoms with E-state index in [1.165, 1.54) is 6.08 Å². The van der Waals surface area contributed by atoms with E-state index in [1.807, 2.05) is 37.8 Å². The zero-order valence-electron chi connectivity index (χ0n) is 31.7. The Hall–Kier alpha value is -4.21. The molecule has 2 aliphatic rings. The number of aromatic amines is 1. The number of aromatic nitrogens is 1. The van der Waals surface area contributed by atoms with Crippen LogP contribution in [0.2, 0.25) is 0 Å². The molecular formula is C39H51N5O4. The molecule has 0 atom stereocenters. The molecule has 2 aliphatic heterocycles. The number of ether oxygens (including phenoxy) is 1. The summed E-state index contributed by atoms with van der Waals surface area (Å²) in [5.41, 5.74) is 7.36. The summed E-state index contributed by atoms with van der Waals surface area (Å²) >= 11 is 0. The lowest BCUT2D eigenvalue weighted by Crippen LogP contribution is -2.46. The van der Waals surface area contributed by atoms with Gasteiger partial charge in [0.25, 0.3) is 11.5 Å². The second kappa shape index (κ2) is 15.8. The number of aryl methyl sites for hydroxylation is 2. The first-order chi connectivity index (χ1) is 24.3. The maximum Gasteiger partial charge on any atom is 0.253 e. The Bertz CT molecular complexity index is 1770. The standard InChI is InChI=1S/C39H51N5O4/c1-7-37(45)43-19-13-32(14-20-43)44(8-2)36-23-31(30-11-9-29(10-12-30)25-42-17-15-33(48-6)16-18-42)22-34(28(36)5)38(46)40-24-35-26(3)21-27(4)41-39(35)47/h7,9-12,21-23,32-33H,1,8,13-20,24-25H2,2-6H3,(H,40,46)(H,41,47)/i6D3. The zero-order valence-corrected chi connectivity index (χ0v) is 28.7. The summed E-state index contributed by atoms with van der Waals surface area (Å²) in [7, 11) is -2.37. The average molecular weight is 657 g/mol. The van der Waals surface area contributed by atoms with Gasteiger partial charge in [-0.3, -0.25) is 19.3 Å². The lowest BCUT2D eigenvalue weighted by atomic mass is 9.94. The molecular weight excluding hydrogens is 602 g/mol. The summed E-state index contributed by atoms with van der Waals surface area (Å²) in [5.74, 6) is -0.299. The second-order valence-electron chi connectivity index (χ2n) is 13.1. The van der Waals surface area contributed by atoms with E-state index in [0.29, 0.717) is 37.1 Å². The number of amides is 2. The van der Waals surface area contributed by atoms with Crippen LogP contribution in [0.4, 0.5) is 5.69 Å². The predicted octanol–water partition coefficient (Wildman–Crippen LogP) is 5.51. The molecule has 2 aromatic carbocycles. The highest BCUT2D eigenvalue weighted by Gasteiger charge is 2.28. The molecule has 2 N–H and O–H groups in total. The normalized spacial score (nSPS) is 17.3. The molecule has 5 rings (SSSR count). The van der Waals surface area contributed by atoms with E-state index in [2.05, 4.69) is 63.9 Å². The predicted molar refractivity (Wildman–Crippen MR) is 192 cm³/mol. The molecule has 0 aliphatic carbocycles. The van der Waals surface area contributed by atoms with Gasteiger partial charge in [-0.25, -0.2) is 0 Å². The first-order valence-corrected chi connectivity index (χ1v) is 17.1. The fourth-order valence-corrected chi connectivity index (χ4v) is 7.16. The SMILES string of the molecule is [2H]C([2H])([2H])OC1CCN(Cc2ccc(-c3cc(C(=O)NCc4c(C)cc(C)[nH]c4=O)c(C)c(N(CC)C4CCN(C(=O)C=C)CC4)c3)cc2)CC1. The van der Waals surface area contributed by atoms with Crippen LogP contribution in [-0.2, 0) is 22.6 Å². The quantitative estimate of drug-likeness (QED) is 0.264. The molecule has 3 aromatic rings. The second-order valence-corrected chi connectivity index (χ2v) is 13.1. The number of rotatable bonds is 11. The maximum atomic E-state index is 13.9. The number of nitrogens with zero attached hydrogens (tertiary/aromatic N) is 3. The van der Waals surface area contributed by atoms with Gasteiger partial charge in [-0.15, -0.1) is 0 Å². The van der Waals surface area contributed by atoms with E-state index in [4.69, 9.17) is 8.85 Å². The fraction of sp³-hybridized carbons (Fsp3) is 0.462. The van der Waals surface area contributed by atoms with E-state index in [-0.39, 0.29) is 36.1 Å². The molecule has 0 unspecified atom stereocenters. The van der Waals surface area contributed by atoms with Crippen molar-refractivity contribution in [1.29, 1.82) is 0 Å². The van der Waals surface area contributed by atoms with E-state index in [9.17, 15) is 14.4 Å². The van der Waals surface area contributed by atoms with Crippen molar-refractivity contribution in [3.05, 3.63) is 99.0 Å². The minimum absolute atomic E-state index is 0.0493. The highest BCUT2D eigenvalue weighted by Crippen LogP contribution is 2.34.